The zero-order valence-corrected chi connectivity index (χ0v) is 14.7. The largest absolute Gasteiger partial charge is 0.423 e. The third kappa shape index (κ3) is 4.67. The molecule has 0 saturated carbocycles. The van der Waals surface area contributed by atoms with E-state index in [2.05, 4.69) is 4.72 Å². The van der Waals surface area contributed by atoms with Crippen molar-refractivity contribution < 1.29 is 17.9 Å². The molecule has 5 nitrogen and oxygen atoms in total. The number of aryl methyl sites for hydroxylation is 1. The Balaban J connectivity index is 2.06. The smallest absolute Gasteiger partial charge is 0.336 e. The van der Waals surface area contributed by atoms with E-state index in [0.717, 1.165) is 5.56 Å². The van der Waals surface area contributed by atoms with E-state index in [1.165, 1.54) is 25.3 Å². The fourth-order valence-corrected chi connectivity index (χ4v) is 2.87. The molecule has 0 amide bonds. The number of ether oxygens (including phenoxy) is 1. The zero-order chi connectivity index (χ0) is 17.7. The van der Waals surface area contributed by atoms with Gasteiger partial charge in [-0.3, -0.25) is 0 Å². The van der Waals surface area contributed by atoms with Crippen molar-refractivity contribution in [3.63, 3.8) is 0 Å². The SMILES string of the molecule is CNS(=O)(=O)c1ccc(/C=C/C(=O)Oc2ccc(Cl)cc2C)cc1. The van der Waals surface area contributed by atoms with Crippen LogP contribution in [-0.4, -0.2) is 21.4 Å². The molecule has 1 N–H and O–H groups in total. The summed E-state index contributed by atoms with van der Waals surface area (Å²) in [6.07, 6.45) is 2.82. The van der Waals surface area contributed by atoms with Crippen LogP contribution in [0.4, 0.5) is 0 Å². The summed E-state index contributed by atoms with van der Waals surface area (Å²) in [6.45, 7) is 1.79. The fourth-order valence-electron chi connectivity index (χ4n) is 1.91. The van der Waals surface area contributed by atoms with Crippen molar-refractivity contribution >= 4 is 33.7 Å². The van der Waals surface area contributed by atoms with Crippen molar-refractivity contribution in [2.75, 3.05) is 7.05 Å². The maximum Gasteiger partial charge on any atom is 0.336 e. The summed E-state index contributed by atoms with van der Waals surface area (Å²) in [4.78, 5) is 12.0. The molecule has 126 valence electrons. The highest BCUT2D eigenvalue weighted by Crippen LogP contribution is 2.22. The highest BCUT2D eigenvalue weighted by Gasteiger charge is 2.10. The third-order valence-electron chi connectivity index (χ3n) is 3.22. The molecule has 0 aliphatic heterocycles. The quantitative estimate of drug-likeness (QED) is 0.502. The van der Waals surface area contributed by atoms with Crippen molar-refractivity contribution in [3.8, 4) is 5.75 Å². The molecule has 2 rings (SSSR count). The Bertz CT molecular complexity index is 874. The van der Waals surface area contributed by atoms with Crippen LogP contribution in [-0.2, 0) is 14.8 Å². The van der Waals surface area contributed by atoms with E-state index < -0.39 is 16.0 Å². The number of benzene rings is 2. The molecule has 0 saturated heterocycles. The number of esters is 1. The summed E-state index contributed by atoms with van der Waals surface area (Å²) >= 11 is 5.85. The molecule has 0 aromatic heterocycles. The number of carbonyl (C=O) groups is 1. The first-order valence-corrected chi connectivity index (χ1v) is 8.87. The highest BCUT2D eigenvalue weighted by atomic mass is 35.5. The Labute approximate surface area is 146 Å². The fraction of sp³-hybridized carbons (Fsp3) is 0.118. The monoisotopic (exact) mass is 365 g/mol. The van der Waals surface area contributed by atoms with Crippen LogP contribution in [0.5, 0.6) is 5.75 Å². The lowest BCUT2D eigenvalue weighted by Gasteiger charge is -2.05. The van der Waals surface area contributed by atoms with E-state index in [9.17, 15) is 13.2 Å². The van der Waals surface area contributed by atoms with Gasteiger partial charge in [0.25, 0.3) is 0 Å². The molecule has 2 aromatic rings. The Hall–Kier alpha value is -2.15. The summed E-state index contributed by atoms with van der Waals surface area (Å²) < 4.78 is 30.7. The van der Waals surface area contributed by atoms with Gasteiger partial charge in [-0.1, -0.05) is 23.7 Å². The lowest BCUT2D eigenvalue weighted by molar-refractivity contribution is -0.128. The molecule has 7 heteroatoms. The number of halogens is 1. The number of carbonyl (C=O) groups excluding carboxylic acids is 1. The van der Waals surface area contributed by atoms with Crippen LogP contribution in [0.3, 0.4) is 0 Å². The van der Waals surface area contributed by atoms with Gasteiger partial charge in [0.05, 0.1) is 4.90 Å². The maximum absolute atomic E-state index is 11.8. The van der Waals surface area contributed by atoms with Crippen LogP contribution in [0.2, 0.25) is 5.02 Å². The lowest BCUT2D eigenvalue weighted by atomic mass is 10.2. The van der Waals surface area contributed by atoms with E-state index in [-0.39, 0.29) is 4.90 Å². The van der Waals surface area contributed by atoms with Crippen molar-refractivity contribution in [2.24, 2.45) is 0 Å². The Morgan fingerprint density at radius 1 is 1.17 bits per heavy atom. The van der Waals surface area contributed by atoms with E-state index in [1.54, 1.807) is 43.3 Å². The Kier molecular flexibility index (Phi) is 5.77. The molecule has 0 heterocycles. The van der Waals surface area contributed by atoms with Gasteiger partial charge in [-0.25, -0.2) is 17.9 Å². The zero-order valence-electron chi connectivity index (χ0n) is 13.1. The van der Waals surface area contributed by atoms with E-state index in [1.807, 2.05) is 0 Å². The Morgan fingerprint density at radius 2 is 1.83 bits per heavy atom. The molecule has 0 unspecified atom stereocenters. The molecular weight excluding hydrogens is 350 g/mol. The van der Waals surface area contributed by atoms with E-state index in [0.29, 0.717) is 16.3 Å². The standard InChI is InChI=1S/C17H16ClNO4S/c1-12-11-14(18)6-9-16(12)23-17(20)10-5-13-3-7-15(8-4-13)24(21,22)19-2/h3-11,19H,1-2H3/b10-5+. The van der Waals surface area contributed by atoms with E-state index >= 15 is 0 Å². The second kappa shape index (κ2) is 7.61. The van der Waals surface area contributed by atoms with Gasteiger partial charge >= 0.3 is 5.97 Å². The van der Waals surface area contributed by atoms with Gasteiger partial charge in [0.1, 0.15) is 5.75 Å². The summed E-state index contributed by atoms with van der Waals surface area (Å²) in [5.74, 6) is -0.100. The van der Waals surface area contributed by atoms with Gasteiger partial charge in [0.15, 0.2) is 0 Å². The topological polar surface area (TPSA) is 72.5 Å². The van der Waals surface area contributed by atoms with Crippen molar-refractivity contribution in [2.45, 2.75) is 11.8 Å². The molecule has 0 radical (unpaired) electrons. The third-order valence-corrected chi connectivity index (χ3v) is 4.88. The number of nitrogens with one attached hydrogen (secondary N) is 1. The van der Waals surface area contributed by atoms with Crippen LogP contribution in [0.1, 0.15) is 11.1 Å². The highest BCUT2D eigenvalue weighted by molar-refractivity contribution is 7.89. The number of hydrogen-bond acceptors (Lipinski definition) is 4. The van der Waals surface area contributed by atoms with Crippen LogP contribution >= 0.6 is 11.6 Å². The molecule has 0 fully saturated rings. The van der Waals surface area contributed by atoms with Gasteiger partial charge in [0, 0.05) is 11.1 Å². The summed E-state index contributed by atoms with van der Waals surface area (Å²) in [5.41, 5.74) is 1.43. The molecule has 0 bridgehead atoms. The second-order valence-corrected chi connectivity index (χ2v) is 7.26. The average molecular weight is 366 g/mol. The number of sulfonamides is 1. The first-order chi connectivity index (χ1) is 11.3. The van der Waals surface area contributed by atoms with Gasteiger partial charge in [0.2, 0.25) is 10.0 Å². The molecule has 0 aliphatic carbocycles. The number of rotatable bonds is 5. The molecule has 24 heavy (non-hydrogen) atoms. The normalized spacial score (nSPS) is 11.6. The molecule has 0 atom stereocenters. The minimum atomic E-state index is -3.47. The first kappa shape index (κ1) is 18.2. The minimum absolute atomic E-state index is 0.154. The van der Waals surface area contributed by atoms with Gasteiger partial charge in [-0.15, -0.1) is 0 Å². The van der Waals surface area contributed by atoms with Crippen molar-refractivity contribution in [3.05, 3.63) is 64.7 Å². The van der Waals surface area contributed by atoms with Crippen molar-refractivity contribution in [1.29, 1.82) is 0 Å². The summed E-state index contributed by atoms with van der Waals surface area (Å²) in [6, 6.07) is 11.1. The maximum atomic E-state index is 11.8. The van der Waals surface area contributed by atoms with Gasteiger partial charge < -0.3 is 4.74 Å². The number of hydrogen-bond donors (Lipinski definition) is 1. The lowest BCUT2D eigenvalue weighted by Crippen LogP contribution is -2.18. The molecular formula is C17H16ClNO4S. The van der Waals surface area contributed by atoms with Gasteiger partial charge in [-0.2, -0.15) is 0 Å². The molecule has 0 spiro atoms. The second-order valence-electron chi connectivity index (χ2n) is 4.94. The van der Waals surface area contributed by atoms with Crippen LogP contribution in [0.15, 0.2) is 53.4 Å². The average Bonchev–Trinajstić information content (AvgIpc) is 2.56. The minimum Gasteiger partial charge on any atom is -0.423 e. The first-order valence-electron chi connectivity index (χ1n) is 7.01. The van der Waals surface area contributed by atoms with Crippen LogP contribution in [0.25, 0.3) is 6.08 Å². The predicted molar refractivity (Wildman–Crippen MR) is 93.5 cm³/mol. The molecule has 2 aromatic carbocycles. The summed E-state index contributed by atoms with van der Waals surface area (Å²) in [7, 11) is -2.13. The molecule has 0 aliphatic rings. The predicted octanol–water partition coefficient (Wildman–Crippen LogP) is 3.18. The Morgan fingerprint density at radius 3 is 2.42 bits per heavy atom. The summed E-state index contributed by atoms with van der Waals surface area (Å²) in [5, 5.41) is 0.569. The van der Waals surface area contributed by atoms with Crippen LogP contribution in [0, 0.1) is 6.92 Å². The van der Waals surface area contributed by atoms with Crippen LogP contribution < -0.4 is 9.46 Å². The van der Waals surface area contributed by atoms with Gasteiger partial charge in [-0.05, 0) is 61.5 Å². The van der Waals surface area contributed by atoms with Crippen molar-refractivity contribution in [1.82, 2.24) is 4.72 Å². The van der Waals surface area contributed by atoms with E-state index in [4.69, 9.17) is 16.3 Å².